The number of benzene rings is 1. The zero-order valence-electron chi connectivity index (χ0n) is 14.7. The predicted octanol–water partition coefficient (Wildman–Crippen LogP) is 2.18. The summed E-state index contributed by atoms with van der Waals surface area (Å²) in [6, 6.07) is 5.29. The van der Waals surface area contributed by atoms with Gasteiger partial charge in [-0.15, -0.1) is 0 Å². The van der Waals surface area contributed by atoms with Crippen molar-refractivity contribution in [2.75, 3.05) is 39.4 Å². The molecule has 132 valence electrons. The summed E-state index contributed by atoms with van der Waals surface area (Å²) in [5, 5.41) is 0. The number of carbonyl (C=O) groups excluding carboxylic acids is 2. The fourth-order valence-corrected chi connectivity index (χ4v) is 2.80. The van der Waals surface area contributed by atoms with Gasteiger partial charge in [0.05, 0.1) is 13.2 Å². The Balaban J connectivity index is 2.13. The SMILES string of the molecule is CCOc1ccc(C(=O)N2CCCN(C(C)=O)CC2)cc1OCC. The van der Waals surface area contributed by atoms with Crippen LogP contribution in [0.3, 0.4) is 0 Å². The first-order valence-corrected chi connectivity index (χ1v) is 8.51. The monoisotopic (exact) mass is 334 g/mol. The summed E-state index contributed by atoms with van der Waals surface area (Å²) in [5.74, 6) is 1.26. The minimum atomic E-state index is -0.0376. The molecule has 0 saturated carbocycles. The largest absolute Gasteiger partial charge is 0.490 e. The van der Waals surface area contributed by atoms with Gasteiger partial charge in [-0.2, -0.15) is 0 Å². The van der Waals surface area contributed by atoms with Gasteiger partial charge >= 0.3 is 0 Å². The maximum atomic E-state index is 12.8. The van der Waals surface area contributed by atoms with Crippen LogP contribution in [0.4, 0.5) is 0 Å². The van der Waals surface area contributed by atoms with Crippen molar-refractivity contribution in [1.82, 2.24) is 9.80 Å². The Morgan fingerprint density at radius 3 is 2.25 bits per heavy atom. The molecule has 1 aromatic carbocycles. The number of hydrogen-bond acceptors (Lipinski definition) is 4. The Bertz CT molecular complexity index is 588. The van der Waals surface area contributed by atoms with Gasteiger partial charge in [0.25, 0.3) is 5.91 Å². The summed E-state index contributed by atoms with van der Waals surface area (Å²) in [6.45, 7) is 8.91. The van der Waals surface area contributed by atoms with E-state index in [1.165, 1.54) is 0 Å². The van der Waals surface area contributed by atoms with Gasteiger partial charge in [-0.25, -0.2) is 0 Å². The molecular weight excluding hydrogens is 308 g/mol. The lowest BCUT2D eigenvalue weighted by Gasteiger charge is -2.22. The number of rotatable bonds is 5. The van der Waals surface area contributed by atoms with Crippen LogP contribution in [0.25, 0.3) is 0 Å². The molecule has 1 fully saturated rings. The highest BCUT2D eigenvalue weighted by Crippen LogP contribution is 2.29. The van der Waals surface area contributed by atoms with Crippen LogP contribution >= 0.6 is 0 Å². The summed E-state index contributed by atoms with van der Waals surface area (Å²) < 4.78 is 11.1. The molecule has 0 N–H and O–H groups in total. The maximum Gasteiger partial charge on any atom is 0.254 e. The molecule has 0 unspecified atom stereocenters. The first-order valence-electron chi connectivity index (χ1n) is 8.51. The van der Waals surface area contributed by atoms with Gasteiger partial charge in [0, 0.05) is 38.7 Å². The van der Waals surface area contributed by atoms with Crippen molar-refractivity contribution in [1.29, 1.82) is 0 Å². The molecule has 1 aliphatic rings. The molecule has 2 amide bonds. The third-order valence-electron chi connectivity index (χ3n) is 4.02. The second-order valence-electron chi connectivity index (χ2n) is 5.68. The second kappa shape index (κ2) is 8.57. The van der Waals surface area contributed by atoms with E-state index in [0.717, 1.165) is 6.42 Å². The topological polar surface area (TPSA) is 59.1 Å². The second-order valence-corrected chi connectivity index (χ2v) is 5.68. The molecule has 0 aromatic heterocycles. The van der Waals surface area contributed by atoms with Gasteiger partial charge in [0.2, 0.25) is 5.91 Å². The van der Waals surface area contributed by atoms with Gasteiger partial charge in [0.1, 0.15) is 0 Å². The van der Waals surface area contributed by atoms with E-state index in [-0.39, 0.29) is 11.8 Å². The Labute approximate surface area is 143 Å². The highest BCUT2D eigenvalue weighted by atomic mass is 16.5. The van der Waals surface area contributed by atoms with E-state index in [2.05, 4.69) is 0 Å². The maximum absolute atomic E-state index is 12.8. The lowest BCUT2D eigenvalue weighted by Crippen LogP contribution is -2.36. The smallest absolute Gasteiger partial charge is 0.254 e. The molecule has 6 heteroatoms. The molecule has 2 rings (SSSR count). The van der Waals surface area contributed by atoms with Gasteiger partial charge in [-0.3, -0.25) is 9.59 Å². The minimum absolute atomic E-state index is 0.0376. The molecule has 0 radical (unpaired) electrons. The molecule has 0 bridgehead atoms. The normalized spacial score (nSPS) is 15.0. The van der Waals surface area contributed by atoms with Crippen molar-refractivity contribution >= 4 is 11.8 Å². The van der Waals surface area contributed by atoms with Gasteiger partial charge in [-0.1, -0.05) is 0 Å². The lowest BCUT2D eigenvalue weighted by molar-refractivity contribution is -0.128. The van der Waals surface area contributed by atoms with E-state index in [1.54, 1.807) is 34.9 Å². The zero-order chi connectivity index (χ0) is 17.5. The summed E-state index contributed by atoms with van der Waals surface area (Å²) in [5.41, 5.74) is 0.582. The van der Waals surface area contributed by atoms with Crippen LogP contribution in [-0.4, -0.2) is 61.0 Å². The molecule has 1 aromatic rings. The number of ether oxygens (including phenoxy) is 2. The van der Waals surface area contributed by atoms with E-state index < -0.39 is 0 Å². The van der Waals surface area contributed by atoms with Crippen LogP contribution < -0.4 is 9.47 Å². The average Bonchev–Trinajstić information content (AvgIpc) is 2.82. The molecule has 24 heavy (non-hydrogen) atoms. The Hall–Kier alpha value is -2.24. The molecule has 1 heterocycles. The number of hydrogen-bond donors (Lipinski definition) is 0. The first-order chi connectivity index (χ1) is 11.6. The molecule has 0 atom stereocenters. The van der Waals surface area contributed by atoms with Crippen LogP contribution in [0.2, 0.25) is 0 Å². The van der Waals surface area contributed by atoms with Crippen LogP contribution in [0.5, 0.6) is 11.5 Å². The van der Waals surface area contributed by atoms with Crippen LogP contribution in [0.15, 0.2) is 18.2 Å². The summed E-state index contributed by atoms with van der Waals surface area (Å²) in [6.07, 6.45) is 0.792. The summed E-state index contributed by atoms with van der Waals surface area (Å²) >= 11 is 0. The fraction of sp³-hybridized carbons (Fsp3) is 0.556. The third kappa shape index (κ3) is 4.40. The van der Waals surface area contributed by atoms with Crippen molar-refractivity contribution in [3.05, 3.63) is 23.8 Å². The van der Waals surface area contributed by atoms with Crippen molar-refractivity contribution in [2.45, 2.75) is 27.2 Å². The summed E-state index contributed by atoms with van der Waals surface area (Å²) in [4.78, 5) is 27.9. The third-order valence-corrected chi connectivity index (χ3v) is 4.02. The van der Waals surface area contributed by atoms with Crippen molar-refractivity contribution < 1.29 is 19.1 Å². The van der Waals surface area contributed by atoms with Crippen LogP contribution in [0.1, 0.15) is 37.6 Å². The Morgan fingerprint density at radius 2 is 1.58 bits per heavy atom. The molecule has 0 spiro atoms. The highest BCUT2D eigenvalue weighted by molar-refractivity contribution is 5.95. The number of carbonyl (C=O) groups is 2. The van der Waals surface area contributed by atoms with Crippen molar-refractivity contribution in [3.63, 3.8) is 0 Å². The Morgan fingerprint density at radius 1 is 0.958 bits per heavy atom. The molecule has 0 aliphatic carbocycles. The van der Waals surface area contributed by atoms with Crippen molar-refractivity contribution in [2.24, 2.45) is 0 Å². The fourth-order valence-electron chi connectivity index (χ4n) is 2.80. The average molecular weight is 334 g/mol. The van der Waals surface area contributed by atoms with E-state index in [1.807, 2.05) is 13.8 Å². The van der Waals surface area contributed by atoms with Gasteiger partial charge in [0.15, 0.2) is 11.5 Å². The zero-order valence-corrected chi connectivity index (χ0v) is 14.7. The number of amides is 2. The standard InChI is InChI=1S/C18H26N2O4/c1-4-23-16-8-7-15(13-17(16)24-5-2)18(22)20-10-6-9-19(11-12-20)14(3)21/h7-8,13H,4-6,9-12H2,1-3H3. The number of nitrogens with zero attached hydrogens (tertiary/aromatic N) is 2. The quantitative estimate of drug-likeness (QED) is 0.828. The highest BCUT2D eigenvalue weighted by Gasteiger charge is 2.22. The van der Waals surface area contributed by atoms with Gasteiger partial charge in [-0.05, 0) is 38.5 Å². The van der Waals surface area contributed by atoms with Gasteiger partial charge < -0.3 is 19.3 Å². The van der Waals surface area contributed by atoms with E-state index in [0.29, 0.717) is 56.5 Å². The predicted molar refractivity (Wildman–Crippen MR) is 91.6 cm³/mol. The van der Waals surface area contributed by atoms with E-state index >= 15 is 0 Å². The van der Waals surface area contributed by atoms with Crippen molar-refractivity contribution in [3.8, 4) is 11.5 Å². The molecular formula is C18H26N2O4. The van der Waals surface area contributed by atoms with Crippen LogP contribution in [0, 0.1) is 0 Å². The minimum Gasteiger partial charge on any atom is -0.490 e. The van der Waals surface area contributed by atoms with Crippen LogP contribution in [-0.2, 0) is 4.79 Å². The summed E-state index contributed by atoms with van der Waals surface area (Å²) in [7, 11) is 0. The Kier molecular flexibility index (Phi) is 6.46. The first kappa shape index (κ1) is 18.1. The molecule has 1 aliphatic heterocycles. The molecule has 1 saturated heterocycles. The molecule has 6 nitrogen and oxygen atoms in total. The van der Waals surface area contributed by atoms with E-state index in [4.69, 9.17) is 9.47 Å². The van der Waals surface area contributed by atoms with E-state index in [9.17, 15) is 9.59 Å². The lowest BCUT2D eigenvalue weighted by atomic mass is 10.1.